The summed E-state index contributed by atoms with van der Waals surface area (Å²) in [6.07, 6.45) is -3.38. The summed E-state index contributed by atoms with van der Waals surface area (Å²) in [5, 5.41) is 6.05. The molecule has 0 unspecified atom stereocenters. The molecule has 2 aromatic rings. The van der Waals surface area contributed by atoms with Gasteiger partial charge in [-0.15, -0.1) is 13.2 Å². The summed E-state index contributed by atoms with van der Waals surface area (Å²) in [6, 6.07) is 6.86. The highest BCUT2D eigenvalue weighted by molar-refractivity contribution is 5.78. The van der Waals surface area contributed by atoms with E-state index in [1.54, 1.807) is 6.07 Å². The number of ether oxygens (including phenoxy) is 1. The van der Waals surface area contributed by atoms with Gasteiger partial charge in [0.05, 0.1) is 19.2 Å². The lowest BCUT2D eigenvalue weighted by Gasteiger charge is -2.10. The summed E-state index contributed by atoms with van der Waals surface area (Å²) < 4.78 is 44.9. The predicted molar refractivity (Wildman–Crippen MR) is 65.2 cm³/mol. The van der Waals surface area contributed by atoms with Gasteiger partial charge in [0, 0.05) is 6.07 Å². The van der Waals surface area contributed by atoms with Gasteiger partial charge in [0.15, 0.2) is 5.76 Å². The van der Waals surface area contributed by atoms with E-state index in [-0.39, 0.29) is 24.6 Å². The number of hydrogen-bond donors (Lipinski definition) is 1. The Morgan fingerprint density at radius 3 is 2.81 bits per heavy atom. The second-order valence-corrected chi connectivity index (χ2v) is 4.13. The van der Waals surface area contributed by atoms with Gasteiger partial charge in [-0.25, -0.2) is 0 Å². The Kier molecular flexibility index (Phi) is 4.46. The molecule has 0 bridgehead atoms. The summed E-state index contributed by atoms with van der Waals surface area (Å²) in [4.78, 5) is 11.7. The minimum atomic E-state index is -4.76. The van der Waals surface area contributed by atoms with Crippen molar-refractivity contribution in [3.63, 3.8) is 0 Å². The van der Waals surface area contributed by atoms with Crippen LogP contribution >= 0.6 is 0 Å². The number of hydrogen-bond acceptors (Lipinski definition) is 4. The number of nitrogens with zero attached hydrogens (tertiary/aromatic N) is 1. The van der Waals surface area contributed by atoms with Crippen LogP contribution in [0.25, 0.3) is 0 Å². The molecule has 21 heavy (non-hydrogen) atoms. The van der Waals surface area contributed by atoms with E-state index < -0.39 is 6.36 Å². The first-order chi connectivity index (χ1) is 9.92. The number of rotatable bonds is 5. The Morgan fingerprint density at radius 1 is 1.33 bits per heavy atom. The molecule has 2 rings (SSSR count). The monoisotopic (exact) mass is 300 g/mol. The maximum atomic E-state index is 12.1. The van der Waals surface area contributed by atoms with Gasteiger partial charge in [0.2, 0.25) is 5.91 Å². The van der Waals surface area contributed by atoms with Crippen molar-refractivity contribution in [1.29, 1.82) is 0 Å². The summed E-state index contributed by atoms with van der Waals surface area (Å²) in [5.74, 6) is -0.226. The number of carbonyl (C=O) groups is 1. The SMILES string of the molecule is O=C(Cc1cccc(OC(F)(F)F)c1)NCc1ccno1. The van der Waals surface area contributed by atoms with Gasteiger partial charge in [0.25, 0.3) is 0 Å². The van der Waals surface area contributed by atoms with Crippen LogP contribution in [0.15, 0.2) is 41.1 Å². The third-order valence-electron chi connectivity index (χ3n) is 2.45. The fourth-order valence-corrected chi connectivity index (χ4v) is 1.62. The predicted octanol–water partition coefficient (Wildman–Crippen LogP) is 2.43. The van der Waals surface area contributed by atoms with E-state index in [1.165, 1.54) is 30.5 Å². The van der Waals surface area contributed by atoms with Crippen LogP contribution in [0.3, 0.4) is 0 Å². The van der Waals surface area contributed by atoms with Gasteiger partial charge in [-0.1, -0.05) is 17.3 Å². The number of alkyl halides is 3. The van der Waals surface area contributed by atoms with Crippen molar-refractivity contribution in [1.82, 2.24) is 10.5 Å². The first-order valence-corrected chi connectivity index (χ1v) is 5.93. The van der Waals surface area contributed by atoms with Crippen LogP contribution in [-0.2, 0) is 17.8 Å². The largest absolute Gasteiger partial charge is 0.573 e. The molecule has 0 fully saturated rings. The first-order valence-electron chi connectivity index (χ1n) is 5.93. The fraction of sp³-hybridized carbons (Fsp3) is 0.231. The van der Waals surface area contributed by atoms with Crippen molar-refractivity contribution in [2.75, 3.05) is 0 Å². The minimum absolute atomic E-state index is 0.0663. The van der Waals surface area contributed by atoms with Crippen LogP contribution in [0, 0.1) is 0 Å². The van der Waals surface area contributed by atoms with Crippen molar-refractivity contribution in [2.45, 2.75) is 19.3 Å². The lowest BCUT2D eigenvalue weighted by molar-refractivity contribution is -0.274. The van der Waals surface area contributed by atoms with Gasteiger partial charge in [0.1, 0.15) is 5.75 Å². The van der Waals surface area contributed by atoms with Gasteiger partial charge in [-0.2, -0.15) is 0 Å². The molecule has 1 aromatic carbocycles. The number of aromatic nitrogens is 1. The molecule has 1 heterocycles. The topological polar surface area (TPSA) is 64.4 Å². The van der Waals surface area contributed by atoms with E-state index in [4.69, 9.17) is 4.52 Å². The zero-order valence-corrected chi connectivity index (χ0v) is 10.7. The Bertz CT molecular complexity index is 597. The van der Waals surface area contributed by atoms with E-state index in [0.717, 1.165) is 0 Å². The summed E-state index contributed by atoms with van der Waals surface area (Å²) in [7, 11) is 0. The molecule has 0 saturated carbocycles. The number of nitrogens with one attached hydrogen (secondary N) is 1. The maximum Gasteiger partial charge on any atom is 0.573 e. The van der Waals surface area contributed by atoms with Crippen LogP contribution in [-0.4, -0.2) is 17.4 Å². The second kappa shape index (κ2) is 6.29. The summed E-state index contributed by atoms with van der Waals surface area (Å²) in [5.41, 5.74) is 0.409. The molecule has 0 atom stereocenters. The van der Waals surface area contributed by atoms with E-state index in [2.05, 4.69) is 15.2 Å². The maximum absolute atomic E-state index is 12.1. The van der Waals surface area contributed by atoms with Crippen molar-refractivity contribution >= 4 is 5.91 Å². The molecule has 0 saturated heterocycles. The van der Waals surface area contributed by atoms with Crippen molar-refractivity contribution < 1.29 is 27.2 Å². The quantitative estimate of drug-likeness (QED) is 0.921. The Morgan fingerprint density at radius 2 is 2.14 bits per heavy atom. The molecule has 0 aliphatic heterocycles. The van der Waals surface area contributed by atoms with Crippen LogP contribution < -0.4 is 10.1 Å². The fourth-order valence-electron chi connectivity index (χ4n) is 1.62. The van der Waals surface area contributed by atoms with E-state index in [1.807, 2.05) is 0 Å². The minimum Gasteiger partial charge on any atom is -0.406 e. The van der Waals surface area contributed by atoms with Crippen molar-refractivity contribution in [2.24, 2.45) is 0 Å². The molecule has 1 N–H and O–H groups in total. The van der Waals surface area contributed by atoms with E-state index in [0.29, 0.717) is 11.3 Å². The smallest absolute Gasteiger partial charge is 0.406 e. The molecule has 0 aliphatic carbocycles. The highest BCUT2D eigenvalue weighted by Gasteiger charge is 2.31. The van der Waals surface area contributed by atoms with Gasteiger partial charge >= 0.3 is 6.36 Å². The summed E-state index contributed by atoms with van der Waals surface area (Å²) in [6.45, 7) is 0.164. The Labute approximate surface area is 117 Å². The Hall–Kier alpha value is -2.51. The number of amides is 1. The Balaban J connectivity index is 1.90. The van der Waals surface area contributed by atoms with Crippen LogP contribution in [0.5, 0.6) is 5.75 Å². The zero-order valence-electron chi connectivity index (χ0n) is 10.7. The van der Waals surface area contributed by atoms with Crippen molar-refractivity contribution in [3.8, 4) is 5.75 Å². The molecule has 0 aliphatic rings. The van der Waals surface area contributed by atoms with Crippen LogP contribution in [0.2, 0.25) is 0 Å². The number of carbonyl (C=O) groups excluding carboxylic acids is 1. The molecular weight excluding hydrogens is 289 g/mol. The van der Waals surface area contributed by atoms with Crippen LogP contribution in [0.4, 0.5) is 13.2 Å². The van der Waals surface area contributed by atoms with Crippen molar-refractivity contribution in [3.05, 3.63) is 47.9 Å². The van der Waals surface area contributed by atoms with E-state index >= 15 is 0 Å². The normalized spacial score (nSPS) is 11.2. The molecule has 8 heteroatoms. The summed E-state index contributed by atoms with van der Waals surface area (Å²) >= 11 is 0. The van der Waals surface area contributed by atoms with Crippen LogP contribution in [0.1, 0.15) is 11.3 Å². The molecule has 1 aromatic heterocycles. The molecule has 0 spiro atoms. The van der Waals surface area contributed by atoms with Gasteiger partial charge in [-0.05, 0) is 17.7 Å². The highest BCUT2D eigenvalue weighted by Crippen LogP contribution is 2.23. The standard InChI is InChI=1S/C13H11F3N2O3/c14-13(15,16)20-10-3-1-2-9(6-10)7-12(19)17-8-11-4-5-18-21-11/h1-6H,7-8H2,(H,17,19). The molecule has 0 radical (unpaired) electrons. The third kappa shape index (κ3) is 5.17. The second-order valence-electron chi connectivity index (χ2n) is 4.13. The zero-order chi connectivity index (χ0) is 15.3. The van der Waals surface area contributed by atoms with Gasteiger partial charge < -0.3 is 14.6 Å². The molecule has 5 nitrogen and oxygen atoms in total. The third-order valence-corrected chi connectivity index (χ3v) is 2.45. The molecule has 112 valence electrons. The average Bonchev–Trinajstić information content (AvgIpc) is 2.87. The molecule has 1 amide bonds. The van der Waals surface area contributed by atoms with E-state index in [9.17, 15) is 18.0 Å². The number of benzene rings is 1. The lowest BCUT2D eigenvalue weighted by atomic mass is 10.1. The first kappa shape index (κ1) is 14.9. The lowest BCUT2D eigenvalue weighted by Crippen LogP contribution is -2.24. The average molecular weight is 300 g/mol. The molecular formula is C13H11F3N2O3. The number of halogens is 3. The highest BCUT2D eigenvalue weighted by atomic mass is 19.4. The van der Waals surface area contributed by atoms with Gasteiger partial charge in [-0.3, -0.25) is 4.79 Å².